The van der Waals surface area contributed by atoms with Crippen molar-refractivity contribution in [1.82, 2.24) is 10.2 Å². The highest BCUT2D eigenvalue weighted by atomic mass is 16.5. The van der Waals surface area contributed by atoms with Crippen molar-refractivity contribution in [2.24, 2.45) is 0 Å². The molecule has 16 heavy (non-hydrogen) atoms. The van der Waals surface area contributed by atoms with E-state index in [1.807, 2.05) is 4.90 Å². The van der Waals surface area contributed by atoms with Crippen LogP contribution >= 0.6 is 0 Å². The second-order valence-electron chi connectivity index (χ2n) is 4.44. The van der Waals surface area contributed by atoms with Crippen LogP contribution in [0.2, 0.25) is 0 Å². The molecule has 0 bridgehead atoms. The Labute approximate surface area is 96.1 Å². The van der Waals surface area contributed by atoms with Gasteiger partial charge in [-0.1, -0.05) is 0 Å². The average Bonchev–Trinajstić information content (AvgIpc) is 2.96. The number of nitrogens with one attached hydrogen (secondary N) is 1. The first-order valence-electron chi connectivity index (χ1n) is 5.84. The average molecular weight is 228 g/mol. The molecule has 0 aromatic rings. The SMILES string of the molecule is CO[C@H]1CN(C(=O)[C@@H]2CCCN2)C[C@H]1OC. The van der Waals surface area contributed by atoms with Gasteiger partial charge in [-0.05, 0) is 19.4 Å². The Kier molecular flexibility index (Phi) is 3.78. The van der Waals surface area contributed by atoms with Crippen molar-refractivity contribution >= 4 is 5.91 Å². The van der Waals surface area contributed by atoms with Crippen LogP contribution in [0.1, 0.15) is 12.8 Å². The van der Waals surface area contributed by atoms with Crippen LogP contribution in [0.15, 0.2) is 0 Å². The van der Waals surface area contributed by atoms with Gasteiger partial charge in [-0.2, -0.15) is 0 Å². The highest BCUT2D eigenvalue weighted by Crippen LogP contribution is 2.18. The molecule has 2 aliphatic rings. The zero-order chi connectivity index (χ0) is 11.5. The van der Waals surface area contributed by atoms with Crippen LogP contribution in [0.3, 0.4) is 0 Å². The molecule has 2 heterocycles. The third-order valence-corrected chi connectivity index (χ3v) is 3.49. The Morgan fingerprint density at radius 1 is 1.25 bits per heavy atom. The van der Waals surface area contributed by atoms with E-state index in [-0.39, 0.29) is 24.2 Å². The molecule has 0 aromatic carbocycles. The first-order valence-corrected chi connectivity index (χ1v) is 5.84. The number of carbonyl (C=O) groups is 1. The molecule has 3 atom stereocenters. The molecule has 1 N–H and O–H groups in total. The molecule has 2 rings (SSSR count). The van der Waals surface area contributed by atoms with E-state index in [0.29, 0.717) is 13.1 Å². The largest absolute Gasteiger partial charge is 0.377 e. The van der Waals surface area contributed by atoms with E-state index in [1.165, 1.54) is 0 Å². The van der Waals surface area contributed by atoms with Crippen molar-refractivity contribution in [2.75, 3.05) is 33.9 Å². The Balaban J connectivity index is 1.93. The van der Waals surface area contributed by atoms with Crippen LogP contribution in [0.25, 0.3) is 0 Å². The highest BCUT2D eigenvalue weighted by molar-refractivity contribution is 5.82. The molecule has 2 aliphatic heterocycles. The van der Waals surface area contributed by atoms with Crippen LogP contribution in [0.4, 0.5) is 0 Å². The summed E-state index contributed by atoms with van der Waals surface area (Å²) >= 11 is 0. The van der Waals surface area contributed by atoms with E-state index in [0.717, 1.165) is 19.4 Å². The molecule has 1 amide bonds. The minimum atomic E-state index is 0.00751. The number of likely N-dealkylation sites (tertiary alicyclic amines) is 1. The van der Waals surface area contributed by atoms with Gasteiger partial charge in [0.25, 0.3) is 0 Å². The zero-order valence-corrected chi connectivity index (χ0v) is 9.94. The molecule has 0 unspecified atom stereocenters. The van der Waals surface area contributed by atoms with Gasteiger partial charge >= 0.3 is 0 Å². The highest BCUT2D eigenvalue weighted by Gasteiger charge is 2.38. The predicted molar refractivity (Wildman–Crippen MR) is 59.2 cm³/mol. The van der Waals surface area contributed by atoms with Crippen molar-refractivity contribution in [3.05, 3.63) is 0 Å². The van der Waals surface area contributed by atoms with Gasteiger partial charge in [-0.25, -0.2) is 0 Å². The fourth-order valence-corrected chi connectivity index (χ4v) is 2.49. The number of hydrogen-bond acceptors (Lipinski definition) is 4. The molecule has 0 spiro atoms. The molecule has 2 fully saturated rings. The van der Waals surface area contributed by atoms with Crippen molar-refractivity contribution in [3.63, 3.8) is 0 Å². The van der Waals surface area contributed by atoms with E-state index >= 15 is 0 Å². The second-order valence-corrected chi connectivity index (χ2v) is 4.44. The van der Waals surface area contributed by atoms with Crippen molar-refractivity contribution < 1.29 is 14.3 Å². The lowest BCUT2D eigenvalue weighted by molar-refractivity contribution is -0.132. The summed E-state index contributed by atoms with van der Waals surface area (Å²) in [6.07, 6.45) is 2.06. The van der Waals surface area contributed by atoms with Crippen LogP contribution < -0.4 is 5.32 Å². The van der Waals surface area contributed by atoms with Crippen LogP contribution in [0.5, 0.6) is 0 Å². The van der Waals surface area contributed by atoms with E-state index in [4.69, 9.17) is 9.47 Å². The maximum Gasteiger partial charge on any atom is 0.239 e. The molecular weight excluding hydrogens is 208 g/mol. The molecule has 0 radical (unpaired) electrons. The maximum absolute atomic E-state index is 12.1. The van der Waals surface area contributed by atoms with Crippen LogP contribution in [-0.4, -0.2) is 62.9 Å². The molecule has 5 heteroatoms. The number of rotatable bonds is 3. The number of nitrogens with zero attached hydrogens (tertiary/aromatic N) is 1. The standard InChI is InChI=1S/C11H20N2O3/c1-15-9-6-13(7-10(9)16-2)11(14)8-4-3-5-12-8/h8-10,12H,3-7H2,1-2H3/t8-,9-,10+/m0/s1. The summed E-state index contributed by atoms with van der Waals surface area (Å²) < 4.78 is 10.6. The number of methoxy groups -OCH3 is 2. The van der Waals surface area contributed by atoms with E-state index < -0.39 is 0 Å². The molecular formula is C11H20N2O3. The number of hydrogen-bond donors (Lipinski definition) is 1. The first kappa shape index (κ1) is 11.8. The number of carbonyl (C=O) groups excluding carboxylic acids is 1. The van der Waals surface area contributed by atoms with Gasteiger partial charge in [0.05, 0.1) is 6.04 Å². The van der Waals surface area contributed by atoms with Crippen molar-refractivity contribution in [2.45, 2.75) is 31.1 Å². The minimum absolute atomic E-state index is 0.00751. The summed E-state index contributed by atoms with van der Waals surface area (Å²) in [7, 11) is 3.33. The number of amides is 1. The van der Waals surface area contributed by atoms with Gasteiger partial charge in [-0.3, -0.25) is 4.79 Å². The lowest BCUT2D eigenvalue weighted by Gasteiger charge is -2.20. The van der Waals surface area contributed by atoms with Crippen LogP contribution in [-0.2, 0) is 14.3 Å². The first-order chi connectivity index (χ1) is 7.76. The molecule has 2 saturated heterocycles. The summed E-state index contributed by atoms with van der Waals surface area (Å²) in [5.41, 5.74) is 0. The smallest absolute Gasteiger partial charge is 0.239 e. The lowest BCUT2D eigenvalue weighted by Crippen LogP contribution is -2.43. The summed E-state index contributed by atoms with van der Waals surface area (Å²) in [4.78, 5) is 14.0. The maximum atomic E-state index is 12.1. The number of ether oxygens (including phenoxy) is 2. The summed E-state index contributed by atoms with van der Waals surface area (Å²) in [6, 6.07) is 0.00751. The summed E-state index contributed by atoms with van der Waals surface area (Å²) in [5.74, 6) is 0.194. The van der Waals surface area contributed by atoms with Gasteiger partial charge in [0.15, 0.2) is 0 Å². The molecule has 0 saturated carbocycles. The summed E-state index contributed by atoms with van der Waals surface area (Å²) in [6.45, 7) is 2.24. The van der Waals surface area contributed by atoms with E-state index in [2.05, 4.69) is 5.32 Å². The second kappa shape index (κ2) is 5.12. The molecule has 92 valence electrons. The lowest BCUT2D eigenvalue weighted by atomic mass is 10.2. The molecule has 5 nitrogen and oxygen atoms in total. The van der Waals surface area contributed by atoms with Gasteiger partial charge in [0.1, 0.15) is 12.2 Å². The molecule has 0 aliphatic carbocycles. The zero-order valence-electron chi connectivity index (χ0n) is 9.94. The fraction of sp³-hybridized carbons (Fsp3) is 0.909. The van der Waals surface area contributed by atoms with Gasteiger partial charge in [0.2, 0.25) is 5.91 Å². The van der Waals surface area contributed by atoms with Crippen molar-refractivity contribution in [1.29, 1.82) is 0 Å². The Hall–Kier alpha value is -0.650. The normalized spacial score (nSPS) is 34.6. The quantitative estimate of drug-likeness (QED) is 0.715. The third-order valence-electron chi connectivity index (χ3n) is 3.49. The third kappa shape index (κ3) is 2.21. The minimum Gasteiger partial charge on any atom is -0.377 e. The topological polar surface area (TPSA) is 50.8 Å². The Bertz CT molecular complexity index is 242. The van der Waals surface area contributed by atoms with Crippen molar-refractivity contribution in [3.8, 4) is 0 Å². The Morgan fingerprint density at radius 2 is 1.88 bits per heavy atom. The monoisotopic (exact) mass is 228 g/mol. The van der Waals surface area contributed by atoms with Gasteiger partial charge in [0, 0.05) is 27.3 Å². The predicted octanol–water partition coefficient (Wildman–Crippen LogP) is -0.389. The van der Waals surface area contributed by atoms with Gasteiger partial charge < -0.3 is 19.7 Å². The fourth-order valence-electron chi connectivity index (χ4n) is 2.49. The summed E-state index contributed by atoms with van der Waals surface area (Å²) in [5, 5.41) is 3.23. The van der Waals surface area contributed by atoms with Crippen LogP contribution in [0, 0.1) is 0 Å². The van der Waals surface area contributed by atoms with E-state index in [9.17, 15) is 4.79 Å². The molecule has 0 aromatic heterocycles. The van der Waals surface area contributed by atoms with Gasteiger partial charge in [-0.15, -0.1) is 0 Å². The van der Waals surface area contributed by atoms with E-state index in [1.54, 1.807) is 14.2 Å². The Morgan fingerprint density at radius 3 is 2.31 bits per heavy atom.